The number of carboxylic acid groups (broad SMARTS) is 2. The number of carboxylic acids is 2. The largest absolute Gasteiger partial charge is 0.481 e. The lowest BCUT2D eigenvalue weighted by molar-refractivity contribution is -0.140. The Balaban J connectivity index is 4.36. The van der Waals surface area contributed by atoms with Crippen molar-refractivity contribution in [3.8, 4) is 6.07 Å². The predicted molar refractivity (Wildman–Crippen MR) is 59.2 cm³/mol. The van der Waals surface area contributed by atoms with Crippen molar-refractivity contribution in [2.24, 2.45) is 0 Å². The van der Waals surface area contributed by atoms with Crippen molar-refractivity contribution in [2.75, 3.05) is 6.54 Å². The maximum atomic E-state index is 11.4. The van der Waals surface area contributed by atoms with Crippen LogP contribution >= 0.6 is 0 Å². The van der Waals surface area contributed by atoms with Gasteiger partial charge in [-0.3, -0.25) is 14.4 Å². The average molecular weight is 255 g/mol. The van der Waals surface area contributed by atoms with Gasteiger partial charge in [-0.15, -0.1) is 0 Å². The lowest BCUT2D eigenvalue weighted by Crippen LogP contribution is -2.39. The molecule has 1 atom stereocenters. The smallest absolute Gasteiger partial charge is 0.325 e. The molecule has 0 aliphatic rings. The Bertz CT molecular complexity index is 410. The number of nitriles is 1. The van der Waals surface area contributed by atoms with Gasteiger partial charge in [0.25, 0.3) is 5.91 Å². The normalized spacial score (nSPS) is 12.1. The Labute approximate surface area is 103 Å². The second kappa shape index (κ2) is 7.67. The van der Waals surface area contributed by atoms with Gasteiger partial charge in [-0.05, 0) is 6.92 Å². The molecular weight excluding hydrogens is 242 g/mol. The molecule has 0 radical (unpaired) electrons. The first-order chi connectivity index (χ1) is 8.38. The summed E-state index contributed by atoms with van der Waals surface area (Å²) in [5.41, 5.74) is -0.325. The third-order valence-corrected chi connectivity index (χ3v) is 1.81. The molecule has 0 heterocycles. The standard InChI is InChI=1S/C10H13N3O5/c1-6(10(17)18)13-9(16)7(4-11)5-12-3-2-8(14)15/h5-6,12H,2-3H2,1H3,(H,13,16)(H,14,15)(H,17,18)/b7-5-. The third-order valence-electron chi connectivity index (χ3n) is 1.81. The Kier molecular flexibility index (Phi) is 6.58. The maximum absolute atomic E-state index is 11.4. The van der Waals surface area contributed by atoms with Crippen molar-refractivity contribution in [3.05, 3.63) is 11.8 Å². The van der Waals surface area contributed by atoms with Gasteiger partial charge in [0.2, 0.25) is 0 Å². The number of carbonyl (C=O) groups excluding carboxylic acids is 1. The summed E-state index contributed by atoms with van der Waals surface area (Å²) in [5, 5.41) is 30.2. The Hall–Kier alpha value is -2.56. The van der Waals surface area contributed by atoms with E-state index in [2.05, 4.69) is 10.6 Å². The van der Waals surface area contributed by atoms with E-state index in [9.17, 15) is 14.4 Å². The van der Waals surface area contributed by atoms with Crippen LogP contribution in [0.15, 0.2) is 11.8 Å². The fourth-order valence-electron chi connectivity index (χ4n) is 0.838. The molecule has 0 aliphatic heterocycles. The van der Waals surface area contributed by atoms with Gasteiger partial charge >= 0.3 is 11.9 Å². The topological polar surface area (TPSA) is 140 Å². The monoisotopic (exact) mass is 255 g/mol. The van der Waals surface area contributed by atoms with E-state index in [4.69, 9.17) is 15.5 Å². The van der Waals surface area contributed by atoms with E-state index >= 15 is 0 Å². The maximum Gasteiger partial charge on any atom is 0.325 e. The molecule has 0 rings (SSSR count). The van der Waals surface area contributed by atoms with E-state index in [0.717, 1.165) is 6.20 Å². The van der Waals surface area contributed by atoms with Crippen LogP contribution in [0.1, 0.15) is 13.3 Å². The number of carbonyl (C=O) groups is 3. The molecule has 0 saturated heterocycles. The average Bonchev–Trinajstić information content (AvgIpc) is 2.28. The van der Waals surface area contributed by atoms with E-state index in [1.165, 1.54) is 6.92 Å². The van der Waals surface area contributed by atoms with Gasteiger partial charge in [0.15, 0.2) is 0 Å². The Morgan fingerprint density at radius 1 is 1.39 bits per heavy atom. The van der Waals surface area contributed by atoms with Crippen molar-refractivity contribution in [1.82, 2.24) is 10.6 Å². The van der Waals surface area contributed by atoms with Gasteiger partial charge in [-0.2, -0.15) is 5.26 Å². The van der Waals surface area contributed by atoms with Crippen LogP contribution in [-0.4, -0.2) is 40.6 Å². The van der Waals surface area contributed by atoms with Crippen LogP contribution in [0.2, 0.25) is 0 Å². The third kappa shape index (κ3) is 6.12. The highest BCUT2D eigenvalue weighted by molar-refractivity contribution is 5.99. The van der Waals surface area contributed by atoms with Crippen molar-refractivity contribution < 1.29 is 24.6 Å². The fraction of sp³-hybridized carbons (Fsp3) is 0.400. The predicted octanol–water partition coefficient (Wildman–Crippen LogP) is -0.953. The minimum Gasteiger partial charge on any atom is -0.481 e. The zero-order valence-corrected chi connectivity index (χ0v) is 9.64. The molecule has 1 unspecified atom stereocenters. The van der Waals surface area contributed by atoms with Gasteiger partial charge in [-0.1, -0.05) is 0 Å². The van der Waals surface area contributed by atoms with E-state index in [-0.39, 0.29) is 18.5 Å². The number of hydrogen-bond acceptors (Lipinski definition) is 5. The SMILES string of the molecule is CC(NC(=O)/C(C#N)=C\NCCC(=O)O)C(=O)O. The summed E-state index contributed by atoms with van der Waals surface area (Å²) < 4.78 is 0. The molecule has 1 amide bonds. The van der Waals surface area contributed by atoms with E-state index in [1.807, 2.05) is 0 Å². The highest BCUT2D eigenvalue weighted by Gasteiger charge is 2.16. The zero-order chi connectivity index (χ0) is 14.1. The quantitative estimate of drug-likeness (QED) is 0.261. The fourth-order valence-corrected chi connectivity index (χ4v) is 0.838. The Morgan fingerprint density at radius 3 is 2.44 bits per heavy atom. The number of nitrogens with one attached hydrogen (secondary N) is 2. The van der Waals surface area contributed by atoms with Crippen molar-refractivity contribution in [2.45, 2.75) is 19.4 Å². The summed E-state index contributed by atoms with van der Waals surface area (Å²) in [5.74, 6) is -3.08. The first kappa shape index (κ1) is 15.4. The van der Waals surface area contributed by atoms with Crippen LogP contribution < -0.4 is 10.6 Å². The molecular formula is C10H13N3O5. The lowest BCUT2D eigenvalue weighted by Gasteiger charge is -2.08. The highest BCUT2D eigenvalue weighted by Crippen LogP contribution is 1.93. The second-order valence-corrected chi connectivity index (χ2v) is 3.30. The molecule has 4 N–H and O–H groups in total. The molecule has 98 valence electrons. The summed E-state index contributed by atoms with van der Waals surface area (Å²) in [6, 6.07) is 0.463. The number of amides is 1. The van der Waals surface area contributed by atoms with Gasteiger partial charge in [-0.25, -0.2) is 0 Å². The van der Waals surface area contributed by atoms with Crippen LogP contribution in [-0.2, 0) is 14.4 Å². The highest BCUT2D eigenvalue weighted by atomic mass is 16.4. The summed E-state index contributed by atoms with van der Waals surface area (Å²) in [6.07, 6.45) is 0.884. The molecule has 0 bridgehead atoms. The molecule has 0 aromatic rings. The minimum atomic E-state index is -1.22. The number of hydrogen-bond donors (Lipinski definition) is 4. The summed E-state index contributed by atoms with van der Waals surface area (Å²) in [4.78, 5) is 32.1. The summed E-state index contributed by atoms with van der Waals surface area (Å²) >= 11 is 0. The second-order valence-electron chi connectivity index (χ2n) is 3.30. The van der Waals surface area contributed by atoms with Crippen molar-refractivity contribution in [1.29, 1.82) is 5.26 Å². The van der Waals surface area contributed by atoms with E-state index in [0.29, 0.717) is 0 Å². The molecule has 18 heavy (non-hydrogen) atoms. The first-order valence-corrected chi connectivity index (χ1v) is 4.97. The van der Waals surface area contributed by atoms with E-state index < -0.39 is 23.9 Å². The van der Waals surface area contributed by atoms with Crippen molar-refractivity contribution >= 4 is 17.8 Å². The molecule has 0 fully saturated rings. The molecule has 8 nitrogen and oxygen atoms in total. The van der Waals surface area contributed by atoms with Crippen molar-refractivity contribution in [3.63, 3.8) is 0 Å². The minimum absolute atomic E-state index is 0.0578. The number of rotatable bonds is 7. The van der Waals surface area contributed by atoms with Gasteiger partial charge in [0.1, 0.15) is 17.7 Å². The van der Waals surface area contributed by atoms with E-state index in [1.54, 1.807) is 6.07 Å². The molecule has 0 saturated carbocycles. The van der Waals surface area contributed by atoms with Crippen LogP contribution in [0.25, 0.3) is 0 Å². The van der Waals surface area contributed by atoms with Crippen LogP contribution in [0.4, 0.5) is 0 Å². The van der Waals surface area contributed by atoms with Gasteiger partial charge in [0.05, 0.1) is 6.42 Å². The lowest BCUT2D eigenvalue weighted by atomic mass is 10.2. The molecule has 0 aliphatic carbocycles. The molecule has 0 spiro atoms. The van der Waals surface area contributed by atoms with Gasteiger partial charge in [0, 0.05) is 12.7 Å². The number of aliphatic carboxylic acids is 2. The zero-order valence-electron chi connectivity index (χ0n) is 9.64. The molecule has 0 aromatic carbocycles. The molecule has 0 aromatic heterocycles. The Morgan fingerprint density at radius 2 is 2.00 bits per heavy atom. The van der Waals surface area contributed by atoms with Crippen LogP contribution in [0.3, 0.4) is 0 Å². The van der Waals surface area contributed by atoms with Gasteiger partial charge < -0.3 is 20.8 Å². The van der Waals surface area contributed by atoms with Crippen LogP contribution in [0.5, 0.6) is 0 Å². The first-order valence-electron chi connectivity index (χ1n) is 4.97. The summed E-state index contributed by atoms with van der Waals surface area (Å²) in [7, 11) is 0. The molecule has 8 heteroatoms. The van der Waals surface area contributed by atoms with Crippen LogP contribution in [0, 0.1) is 11.3 Å². The summed E-state index contributed by atoms with van der Waals surface area (Å²) in [6.45, 7) is 1.31. The number of nitrogens with zero attached hydrogens (tertiary/aromatic N) is 1.